The quantitative estimate of drug-likeness (QED) is 0.826. The predicted molar refractivity (Wildman–Crippen MR) is 65.0 cm³/mol. The first-order valence-electron chi connectivity index (χ1n) is 6.04. The Kier molecular flexibility index (Phi) is 4.54. The molecule has 0 bridgehead atoms. The first kappa shape index (κ1) is 11.8. The highest BCUT2D eigenvalue weighted by atomic mass is 32.1. The van der Waals surface area contributed by atoms with Gasteiger partial charge in [-0.15, -0.1) is 0 Å². The van der Waals surface area contributed by atoms with E-state index in [4.69, 9.17) is 4.74 Å². The van der Waals surface area contributed by atoms with E-state index in [0.717, 1.165) is 55.9 Å². The van der Waals surface area contributed by atoms with Crippen molar-refractivity contribution in [3.63, 3.8) is 0 Å². The summed E-state index contributed by atoms with van der Waals surface area (Å²) in [4.78, 5) is 4.33. The molecule has 1 aromatic heterocycles. The van der Waals surface area contributed by atoms with E-state index in [9.17, 15) is 0 Å². The average molecular weight is 241 g/mol. The van der Waals surface area contributed by atoms with Crippen molar-refractivity contribution in [2.45, 2.75) is 32.6 Å². The second-order valence-corrected chi connectivity index (χ2v) is 4.94. The van der Waals surface area contributed by atoms with Crippen LogP contribution in [0.25, 0.3) is 0 Å². The Balaban J connectivity index is 1.67. The second-order valence-electron chi connectivity index (χ2n) is 4.22. The van der Waals surface area contributed by atoms with Gasteiger partial charge >= 0.3 is 0 Å². The summed E-state index contributed by atoms with van der Waals surface area (Å²) < 4.78 is 9.86. The number of hydrogen-bond acceptors (Lipinski definition) is 5. The molecule has 1 fully saturated rings. The molecule has 1 aromatic rings. The molecule has 0 aliphatic carbocycles. The van der Waals surface area contributed by atoms with Crippen molar-refractivity contribution in [1.29, 1.82) is 0 Å². The monoisotopic (exact) mass is 241 g/mol. The van der Waals surface area contributed by atoms with Crippen LogP contribution in [-0.2, 0) is 6.42 Å². The molecule has 90 valence electrons. The van der Waals surface area contributed by atoms with Gasteiger partial charge in [0, 0.05) is 18.0 Å². The summed E-state index contributed by atoms with van der Waals surface area (Å²) in [7, 11) is 0. The van der Waals surface area contributed by atoms with Crippen LogP contribution in [0, 0.1) is 5.92 Å². The van der Waals surface area contributed by atoms with E-state index in [2.05, 4.69) is 21.6 Å². The van der Waals surface area contributed by atoms with Crippen molar-refractivity contribution in [3.05, 3.63) is 5.82 Å². The van der Waals surface area contributed by atoms with E-state index in [0.29, 0.717) is 0 Å². The zero-order valence-electron chi connectivity index (χ0n) is 9.74. The van der Waals surface area contributed by atoms with Crippen molar-refractivity contribution in [2.75, 3.05) is 19.7 Å². The van der Waals surface area contributed by atoms with Gasteiger partial charge in [-0.2, -0.15) is 9.36 Å². The molecule has 0 spiro atoms. The second kappa shape index (κ2) is 6.15. The minimum atomic E-state index is 0.731. The van der Waals surface area contributed by atoms with Crippen LogP contribution in [0.2, 0.25) is 0 Å². The van der Waals surface area contributed by atoms with Gasteiger partial charge in [-0.05, 0) is 38.3 Å². The molecule has 0 saturated carbocycles. The van der Waals surface area contributed by atoms with Crippen LogP contribution in [0.15, 0.2) is 0 Å². The maximum Gasteiger partial charge on any atom is 0.293 e. The van der Waals surface area contributed by atoms with E-state index in [1.165, 1.54) is 18.0 Å². The van der Waals surface area contributed by atoms with Gasteiger partial charge in [-0.1, -0.05) is 6.92 Å². The van der Waals surface area contributed by atoms with Crippen molar-refractivity contribution >= 4 is 11.5 Å². The number of ether oxygens (including phenoxy) is 1. The average Bonchev–Trinajstić information content (AvgIpc) is 2.90. The Morgan fingerprint density at radius 2 is 2.50 bits per heavy atom. The molecule has 0 radical (unpaired) electrons. The van der Waals surface area contributed by atoms with Gasteiger partial charge in [-0.3, -0.25) is 0 Å². The van der Waals surface area contributed by atoms with Gasteiger partial charge in [0.05, 0.1) is 6.61 Å². The first-order valence-corrected chi connectivity index (χ1v) is 6.82. The van der Waals surface area contributed by atoms with E-state index in [1.807, 2.05) is 0 Å². The Bertz CT molecular complexity index is 310. The van der Waals surface area contributed by atoms with Crippen molar-refractivity contribution in [3.8, 4) is 5.19 Å². The molecule has 1 aliphatic heterocycles. The van der Waals surface area contributed by atoms with Crippen LogP contribution in [0.5, 0.6) is 5.19 Å². The molecule has 2 heterocycles. The van der Waals surface area contributed by atoms with Crippen LogP contribution in [-0.4, -0.2) is 29.1 Å². The summed E-state index contributed by atoms with van der Waals surface area (Å²) in [5, 5.41) is 4.09. The first-order chi connectivity index (χ1) is 7.88. The smallest absolute Gasteiger partial charge is 0.293 e. The van der Waals surface area contributed by atoms with Gasteiger partial charge in [0.25, 0.3) is 5.19 Å². The number of nitrogens with one attached hydrogen (secondary N) is 1. The van der Waals surface area contributed by atoms with E-state index in [-0.39, 0.29) is 0 Å². The standard InChI is InChI=1S/C11H19N3OS/c1-2-3-10-13-11(16-14-10)15-7-5-9-4-6-12-8-9/h9,12H,2-8H2,1H3. The normalized spacial score (nSPS) is 20.2. The van der Waals surface area contributed by atoms with Crippen molar-refractivity contribution < 1.29 is 4.74 Å². The molecule has 2 rings (SSSR count). The fraction of sp³-hybridized carbons (Fsp3) is 0.818. The lowest BCUT2D eigenvalue weighted by molar-refractivity contribution is 0.282. The van der Waals surface area contributed by atoms with E-state index < -0.39 is 0 Å². The Hall–Kier alpha value is -0.680. The number of hydrogen-bond donors (Lipinski definition) is 1. The summed E-state index contributed by atoms with van der Waals surface area (Å²) in [5.41, 5.74) is 0. The predicted octanol–water partition coefficient (Wildman–Crippen LogP) is 1.87. The Morgan fingerprint density at radius 1 is 1.56 bits per heavy atom. The third kappa shape index (κ3) is 3.42. The van der Waals surface area contributed by atoms with Gasteiger partial charge in [0.1, 0.15) is 5.82 Å². The number of aryl methyl sites for hydroxylation is 1. The molecular formula is C11H19N3OS. The highest BCUT2D eigenvalue weighted by molar-refractivity contribution is 7.07. The number of aromatic nitrogens is 2. The Morgan fingerprint density at radius 3 is 3.25 bits per heavy atom. The lowest BCUT2D eigenvalue weighted by Gasteiger charge is -2.07. The third-order valence-electron chi connectivity index (χ3n) is 2.84. The topological polar surface area (TPSA) is 47.0 Å². The molecule has 1 aliphatic rings. The molecule has 0 aromatic carbocycles. The maximum absolute atomic E-state index is 5.61. The number of nitrogens with zero attached hydrogens (tertiary/aromatic N) is 2. The van der Waals surface area contributed by atoms with Crippen LogP contribution in [0.1, 0.15) is 32.0 Å². The third-order valence-corrected chi connectivity index (χ3v) is 3.50. The van der Waals surface area contributed by atoms with Crippen molar-refractivity contribution in [1.82, 2.24) is 14.7 Å². The highest BCUT2D eigenvalue weighted by Crippen LogP contribution is 2.17. The van der Waals surface area contributed by atoms with Gasteiger partial charge in [0.2, 0.25) is 0 Å². The summed E-state index contributed by atoms with van der Waals surface area (Å²) in [6.07, 6.45) is 4.44. The van der Waals surface area contributed by atoms with Gasteiger partial charge < -0.3 is 10.1 Å². The molecule has 1 atom stereocenters. The summed E-state index contributed by atoms with van der Waals surface area (Å²) in [6, 6.07) is 0. The molecular weight excluding hydrogens is 222 g/mol. The molecule has 1 unspecified atom stereocenters. The van der Waals surface area contributed by atoms with E-state index in [1.54, 1.807) is 0 Å². The molecule has 1 N–H and O–H groups in total. The van der Waals surface area contributed by atoms with Crippen LogP contribution < -0.4 is 10.1 Å². The maximum atomic E-state index is 5.61. The molecule has 4 nitrogen and oxygen atoms in total. The fourth-order valence-electron chi connectivity index (χ4n) is 1.90. The Labute approximate surface area is 101 Å². The van der Waals surface area contributed by atoms with Gasteiger partial charge in [0.15, 0.2) is 0 Å². The van der Waals surface area contributed by atoms with Crippen LogP contribution in [0.3, 0.4) is 0 Å². The molecule has 16 heavy (non-hydrogen) atoms. The zero-order valence-corrected chi connectivity index (χ0v) is 10.6. The summed E-state index contributed by atoms with van der Waals surface area (Å²) in [5.74, 6) is 1.70. The largest absolute Gasteiger partial charge is 0.469 e. The van der Waals surface area contributed by atoms with Crippen LogP contribution >= 0.6 is 11.5 Å². The highest BCUT2D eigenvalue weighted by Gasteiger charge is 2.14. The summed E-state index contributed by atoms with van der Waals surface area (Å²) >= 11 is 1.37. The van der Waals surface area contributed by atoms with Gasteiger partial charge in [-0.25, -0.2) is 0 Å². The molecule has 5 heteroatoms. The lowest BCUT2D eigenvalue weighted by atomic mass is 10.1. The molecule has 1 saturated heterocycles. The van der Waals surface area contributed by atoms with Crippen LogP contribution in [0.4, 0.5) is 0 Å². The minimum absolute atomic E-state index is 0.731. The lowest BCUT2D eigenvalue weighted by Crippen LogP contribution is -2.11. The fourth-order valence-corrected chi connectivity index (χ4v) is 2.49. The van der Waals surface area contributed by atoms with Crippen molar-refractivity contribution in [2.24, 2.45) is 5.92 Å². The molecule has 0 amide bonds. The minimum Gasteiger partial charge on any atom is -0.469 e. The summed E-state index contributed by atoms with van der Waals surface area (Å²) in [6.45, 7) is 5.20. The van der Waals surface area contributed by atoms with E-state index >= 15 is 0 Å². The number of rotatable bonds is 6. The SMILES string of the molecule is CCCc1nsc(OCCC2CCNC2)n1. The zero-order chi connectivity index (χ0) is 11.2.